The molecule has 0 N–H and O–H groups in total. The molecule has 0 aliphatic rings. The number of esters is 1. The van der Waals surface area contributed by atoms with E-state index in [1.807, 2.05) is 74.5 Å². The number of carbonyl (C=O) groups is 1. The Balaban J connectivity index is 1.82. The van der Waals surface area contributed by atoms with Crippen LogP contribution >= 0.6 is 0 Å². The van der Waals surface area contributed by atoms with Crippen molar-refractivity contribution in [1.29, 1.82) is 0 Å². The lowest BCUT2D eigenvalue weighted by Crippen LogP contribution is -2.34. The fourth-order valence-corrected chi connectivity index (χ4v) is 2.76. The van der Waals surface area contributed by atoms with Crippen LogP contribution in [-0.4, -0.2) is 32.1 Å². The van der Waals surface area contributed by atoms with Gasteiger partial charge < -0.3 is 18.9 Å². The third kappa shape index (κ3) is 7.80. The number of ether oxygens (including phenoxy) is 4. The molecule has 0 radical (unpaired) electrons. The van der Waals surface area contributed by atoms with Crippen molar-refractivity contribution in [1.82, 2.24) is 0 Å². The van der Waals surface area contributed by atoms with Crippen LogP contribution in [0.25, 0.3) is 0 Å². The minimum atomic E-state index is -0.309. The summed E-state index contributed by atoms with van der Waals surface area (Å²) in [4.78, 5) is 11.8. The molecule has 5 heteroatoms. The molecule has 2 aromatic carbocycles. The summed E-state index contributed by atoms with van der Waals surface area (Å²) in [5.74, 6) is -0.305. The second-order valence-corrected chi connectivity index (χ2v) is 6.80. The second-order valence-electron chi connectivity index (χ2n) is 6.80. The molecule has 0 spiro atoms. The third-order valence-electron chi connectivity index (χ3n) is 4.76. The number of rotatable bonds is 12. The van der Waals surface area contributed by atoms with Crippen molar-refractivity contribution < 1.29 is 23.7 Å². The first-order chi connectivity index (χ1) is 13.6. The van der Waals surface area contributed by atoms with Crippen LogP contribution < -0.4 is 0 Å². The molecule has 0 fully saturated rings. The highest BCUT2D eigenvalue weighted by molar-refractivity contribution is 5.69. The van der Waals surface area contributed by atoms with E-state index in [1.54, 1.807) is 0 Å². The van der Waals surface area contributed by atoms with Gasteiger partial charge in [0.25, 0.3) is 0 Å². The Labute approximate surface area is 167 Å². The lowest BCUT2D eigenvalue weighted by Gasteiger charge is -2.28. The Hall–Kier alpha value is -2.21. The fourth-order valence-electron chi connectivity index (χ4n) is 2.76. The van der Waals surface area contributed by atoms with E-state index in [-0.39, 0.29) is 37.3 Å². The van der Waals surface area contributed by atoms with E-state index in [9.17, 15) is 4.79 Å². The molecular formula is C23H30O5. The SMILES string of the molecule is COC(=O)C[C@@H](OCc1ccccc1)[C@H](C)[C@@H](C)OCOCc1ccccc1. The maximum absolute atomic E-state index is 11.8. The number of hydrogen-bond acceptors (Lipinski definition) is 5. The molecule has 2 aromatic rings. The third-order valence-corrected chi connectivity index (χ3v) is 4.76. The summed E-state index contributed by atoms with van der Waals surface area (Å²) in [6, 6.07) is 19.8. The van der Waals surface area contributed by atoms with Crippen LogP contribution in [0.5, 0.6) is 0 Å². The molecule has 5 nitrogen and oxygen atoms in total. The summed E-state index contributed by atoms with van der Waals surface area (Å²) >= 11 is 0. The van der Waals surface area contributed by atoms with Crippen LogP contribution in [0.2, 0.25) is 0 Å². The molecule has 0 aliphatic heterocycles. The maximum atomic E-state index is 11.8. The van der Waals surface area contributed by atoms with E-state index in [1.165, 1.54) is 7.11 Å². The predicted molar refractivity (Wildman–Crippen MR) is 107 cm³/mol. The minimum absolute atomic E-state index is 0.0110. The van der Waals surface area contributed by atoms with Crippen LogP contribution in [-0.2, 0) is 37.0 Å². The van der Waals surface area contributed by atoms with Gasteiger partial charge in [0, 0.05) is 5.92 Å². The van der Waals surface area contributed by atoms with Crippen molar-refractivity contribution in [2.75, 3.05) is 13.9 Å². The van der Waals surface area contributed by atoms with Gasteiger partial charge in [-0.15, -0.1) is 0 Å². The van der Waals surface area contributed by atoms with Gasteiger partial charge in [-0.1, -0.05) is 67.6 Å². The summed E-state index contributed by atoms with van der Waals surface area (Å²) in [6.45, 7) is 5.10. The van der Waals surface area contributed by atoms with E-state index < -0.39 is 0 Å². The lowest BCUT2D eigenvalue weighted by molar-refractivity contribution is -0.151. The van der Waals surface area contributed by atoms with Gasteiger partial charge in [-0.05, 0) is 18.1 Å². The van der Waals surface area contributed by atoms with Crippen LogP contribution in [0, 0.1) is 5.92 Å². The average Bonchev–Trinajstić information content (AvgIpc) is 2.74. The number of carbonyl (C=O) groups excluding carboxylic acids is 1. The normalized spacial score (nSPS) is 14.2. The first kappa shape index (κ1) is 22.1. The highest BCUT2D eigenvalue weighted by Crippen LogP contribution is 2.20. The van der Waals surface area contributed by atoms with E-state index in [0.717, 1.165) is 11.1 Å². The zero-order valence-corrected chi connectivity index (χ0v) is 16.9. The van der Waals surface area contributed by atoms with Gasteiger partial charge >= 0.3 is 5.97 Å². The van der Waals surface area contributed by atoms with E-state index in [4.69, 9.17) is 18.9 Å². The quantitative estimate of drug-likeness (QED) is 0.308. The van der Waals surface area contributed by atoms with Gasteiger partial charge in [-0.3, -0.25) is 4.79 Å². The largest absolute Gasteiger partial charge is 0.469 e. The van der Waals surface area contributed by atoms with Crippen LogP contribution in [0.1, 0.15) is 31.4 Å². The molecule has 0 bridgehead atoms. The monoisotopic (exact) mass is 386 g/mol. The van der Waals surface area contributed by atoms with E-state index in [0.29, 0.717) is 13.2 Å². The minimum Gasteiger partial charge on any atom is -0.469 e. The second kappa shape index (κ2) is 12.3. The van der Waals surface area contributed by atoms with Crippen molar-refractivity contribution in [2.24, 2.45) is 5.92 Å². The van der Waals surface area contributed by atoms with Gasteiger partial charge in [-0.2, -0.15) is 0 Å². The summed E-state index contributed by atoms with van der Waals surface area (Å²) in [5, 5.41) is 0. The van der Waals surface area contributed by atoms with Crippen molar-refractivity contribution in [2.45, 2.75) is 45.7 Å². The summed E-state index contributed by atoms with van der Waals surface area (Å²) in [7, 11) is 1.39. The fraction of sp³-hybridized carbons (Fsp3) is 0.435. The average molecular weight is 386 g/mol. The predicted octanol–water partition coefficient (Wildman–Crippen LogP) is 4.35. The summed E-state index contributed by atoms with van der Waals surface area (Å²) in [5.41, 5.74) is 2.16. The maximum Gasteiger partial charge on any atom is 0.308 e. The molecule has 2 rings (SSSR count). The van der Waals surface area contributed by atoms with Crippen molar-refractivity contribution in [3.05, 3.63) is 71.8 Å². The molecular weight excluding hydrogens is 356 g/mol. The van der Waals surface area contributed by atoms with E-state index in [2.05, 4.69) is 0 Å². The van der Waals surface area contributed by atoms with Crippen molar-refractivity contribution in [3.8, 4) is 0 Å². The molecule has 0 saturated heterocycles. The van der Waals surface area contributed by atoms with Gasteiger partial charge in [0.15, 0.2) is 0 Å². The first-order valence-corrected chi connectivity index (χ1v) is 9.55. The smallest absolute Gasteiger partial charge is 0.308 e. The number of hydrogen-bond donors (Lipinski definition) is 0. The first-order valence-electron chi connectivity index (χ1n) is 9.55. The Kier molecular flexibility index (Phi) is 9.69. The number of methoxy groups -OCH3 is 1. The Bertz CT molecular complexity index is 674. The zero-order valence-electron chi connectivity index (χ0n) is 16.9. The van der Waals surface area contributed by atoms with Crippen molar-refractivity contribution in [3.63, 3.8) is 0 Å². The zero-order chi connectivity index (χ0) is 20.2. The molecule has 152 valence electrons. The standard InChI is InChI=1S/C23H30O5/c1-18(19(2)28-17-26-15-20-10-6-4-7-11-20)22(14-23(24)25-3)27-16-21-12-8-5-9-13-21/h4-13,18-19,22H,14-17H2,1-3H3/t18-,19-,22-/m1/s1. The Morgan fingerprint density at radius 2 is 1.43 bits per heavy atom. The van der Waals surface area contributed by atoms with Crippen LogP contribution in [0.3, 0.4) is 0 Å². The van der Waals surface area contributed by atoms with Gasteiger partial charge in [-0.25, -0.2) is 0 Å². The van der Waals surface area contributed by atoms with Gasteiger partial charge in [0.05, 0.1) is 39.0 Å². The molecule has 0 aliphatic carbocycles. The molecule has 3 atom stereocenters. The summed E-state index contributed by atoms with van der Waals surface area (Å²) in [6.07, 6.45) is -0.263. The van der Waals surface area contributed by atoms with Gasteiger partial charge in [0.1, 0.15) is 6.79 Å². The van der Waals surface area contributed by atoms with E-state index >= 15 is 0 Å². The molecule has 0 unspecified atom stereocenters. The Morgan fingerprint density at radius 1 is 0.857 bits per heavy atom. The lowest BCUT2D eigenvalue weighted by atomic mass is 9.96. The van der Waals surface area contributed by atoms with Crippen LogP contribution in [0.4, 0.5) is 0 Å². The highest BCUT2D eigenvalue weighted by Gasteiger charge is 2.27. The molecule has 0 amide bonds. The number of benzene rings is 2. The Morgan fingerprint density at radius 3 is 2.00 bits per heavy atom. The summed E-state index contributed by atoms with van der Waals surface area (Å²) < 4.78 is 22.3. The molecule has 0 aromatic heterocycles. The molecule has 0 heterocycles. The van der Waals surface area contributed by atoms with Gasteiger partial charge in [0.2, 0.25) is 0 Å². The highest BCUT2D eigenvalue weighted by atomic mass is 16.7. The van der Waals surface area contributed by atoms with Crippen LogP contribution in [0.15, 0.2) is 60.7 Å². The molecule has 28 heavy (non-hydrogen) atoms. The topological polar surface area (TPSA) is 54.0 Å². The molecule has 0 saturated carbocycles. The van der Waals surface area contributed by atoms with Crippen molar-refractivity contribution >= 4 is 5.97 Å².